The van der Waals surface area contributed by atoms with Crippen LogP contribution in [0.5, 0.6) is 0 Å². The predicted molar refractivity (Wildman–Crippen MR) is 88.9 cm³/mol. The first-order valence-electron chi connectivity index (χ1n) is 8.45. The average Bonchev–Trinajstić information content (AvgIpc) is 3.20. The lowest BCUT2D eigenvalue weighted by Crippen LogP contribution is -2.38. The summed E-state index contributed by atoms with van der Waals surface area (Å²) in [6.45, 7) is 7.20. The molecule has 1 saturated heterocycles. The topological polar surface area (TPSA) is 93.3 Å². The molecule has 24 heavy (non-hydrogen) atoms. The number of hydrogen-bond acceptors (Lipinski definition) is 6. The van der Waals surface area contributed by atoms with E-state index in [1.54, 1.807) is 6.92 Å². The summed E-state index contributed by atoms with van der Waals surface area (Å²) >= 11 is 0. The van der Waals surface area contributed by atoms with Crippen LogP contribution in [0, 0.1) is 6.92 Å². The van der Waals surface area contributed by atoms with Crippen LogP contribution in [-0.2, 0) is 17.8 Å². The van der Waals surface area contributed by atoms with Gasteiger partial charge in [0.1, 0.15) is 17.8 Å². The zero-order valence-electron chi connectivity index (χ0n) is 14.2. The summed E-state index contributed by atoms with van der Waals surface area (Å²) in [7, 11) is 0. The first-order chi connectivity index (χ1) is 11.6. The van der Waals surface area contributed by atoms with Crippen molar-refractivity contribution in [3.8, 4) is 0 Å². The number of rotatable bonds is 6. The van der Waals surface area contributed by atoms with Crippen molar-refractivity contribution in [1.29, 1.82) is 0 Å². The molecule has 0 aliphatic carbocycles. The molecule has 1 aliphatic heterocycles. The number of carbonyl (C=O) groups excluding carboxylic acids is 1. The lowest BCUT2D eigenvalue weighted by molar-refractivity contribution is -0.121. The number of carbonyl (C=O) groups is 1. The third kappa shape index (κ3) is 3.33. The van der Waals surface area contributed by atoms with E-state index in [2.05, 4.69) is 20.4 Å². The fourth-order valence-corrected chi connectivity index (χ4v) is 3.10. The Hall–Kier alpha value is -2.22. The van der Waals surface area contributed by atoms with E-state index in [0.717, 1.165) is 19.6 Å². The second kappa shape index (κ2) is 7.12. The molecule has 2 aromatic rings. The van der Waals surface area contributed by atoms with Crippen LogP contribution >= 0.6 is 0 Å². The molecule has 1 fully saturated rings. The summed E-state index contributed by atoms with van der Waals surface area (Å²) < 4.78 is 6.49. The van der Waals surface area contributed by atoms with Gasteiger partial charge in [-0.2, -0.15) is 4.98 Å². The number of aromatic nitrogens is 3. The number of fused-ring (bicyclic) bond motifs is 1. The molecule has 3 rings (SSSR count). The van der Waals surface area contributed by atoms with E-state index < -0.39 is 0 Å². The summed E-state index contributed by atoms with van der Waals surface area (Å²) in [4.78, 5) is 31.5. The van der Waals surface area contributed by atoms with Gasteiger partial charge in [0.05, 0.1) is 5.69 Å². The monoisotopic (exact) mass is 333 g/mol. The van der Waals surface area contributed by atoms with Crippen molar-refractivity contribution in [1.82, 2.24) is 24.9 Å². The van der Waals surface area contributed by atoms with Gasteiger partial charge in [-0.25, -0.2) is 0 Å². The Labute approximate surface area is 139 Å². The van der Waals surface area contributed by atoms with Crippen LogP contribution < -0.4 is 10.9 Å². The van der Waals surface area contributed by atoms with Crippen LogP contribution in [0.3, 0.4) is 0 Å². The van der Waals surface area contributed by atoms with Gasteiger partial charge < -0.3 is 14.7 Å². The molecular formula is C16H23N5O3. The fourth-order valence-electron chi connectivity index (χ4n) is 3.10. The predicted octanol–water partition coefficient (Wildman–Crippen LogP) is 0.467. The van der Waals surface area contributed by atoms with Crippen molar-refractivity contribution in [3.05, 3.63) is 21.9 Å². The maximum atomic E-state index is 12.6. The van der Waals surface area contributed by atoms with Crippen molar-refractivity contribution in [2.45, 2.75) is 39.7 Å². The van der Waals surface area contributed by atoms with Crippen molar-refractivity contribution in [2.24, 2.45) is 0 Å². The highest BCUT2D eigenvalue weighted by molar-refractivity contribution is 5.77. The molecule has 130 valence electrons. The highest BCUT2D eigenvalue weighted by atomic mass is 16.5. The smallest absolute Gasteiger partial charge is 0.267 e. The molecule has 1 amide bonds. The second-order valence-electron chi connectivity index (χ2n) is 6.12. The first kappa shape index (κ1) is 16.6. The van der Waals surface area contributed by atoms with E-state index in [0.29, 0.717) is 29.9 Å². The number of nitrogens with zero attached hydrogens (tertiary/aromatic N) is 4. The Bertz CT molecular complexity index is 789. The zero-order valence-corrected chi connectivity index (χ0v) is 14.2. The SMILES string of the molecule is CCc1nc2onc(C)c2c(=O)n1CC(=O)NCCN1CCCC1. The largest absolute Gasteiger partial charge is 0.353 e. The van der Waals surface area contributed by atoms with E-state index >= 15 is 0 Å². The summed E-state index contributed by atoms with van der Waals surface area (Å²) in [5.41, 5.74) is 0.457. The van der Waals surface area contributed by atoms with E-state index in [9.17, 15) is 9.59 Å². The summed E-state index contributed by atoms with van der Waals surface area (Å²) in [6, 6.07) is 0. The molecule has 1 N–H and O–H groups in total. The number of amides is 1. The van der Waals surface area contributed by atoms with E-state index in [1.807, 2.05) is 6.92 Å². The van der Waals surface area contributed by atoms with E-state index in [-0.39, 0.29) is 23.7 Å². The van der Waals surface area contributed by atoms with Gasteiger partial charge in [-0.1, -0.05) is 12.1 Å². The van der Waals surface area contributed by atoms with Crippen molar-refractivity contribution >= 4 is 17.0 Å². The highest BCUT2D eigenvalue weighted by Crippen LogP contribution is 2.12. The van der Waals surface area contributed by atoms with Gasteiger partial charge in [-0.3, -0.25) is 14.2 Å². The Balaban J connectivity index is 1.71. The van der Waals surface area contributed by atoms with Gasteiger partial charge in [0.2, 0.25) is 5.91 Å². The van der Waals surface area contributed by atoms with Crippen molar-refractivity contribution in [3.63, 3.8) is 0 Å². The van der Waals surface area contributed by atoms with Crippen LogP contribution in [-0.4, -0.2) is 51.7 Å². The molecule has 0 bridgehead atoms. The number of likely N-dealkylation sites (tertiary alicyclic amines) is 1. The highest BCUT2D eigenvalue weighted by Gasteiger charge is 2.18. The molecule has 0 radical (unpaired) electrons. The van der Waals surface area contributed by atoms with Crippen LogP contribution in [0.25, 0.3) is 11.1 Å². The summed E-state index contributed by atoms with van der Waals surface area (Å²) in [5, 5.41) is 7.02. The molecule has 0 atom stereocenters. The van der Waals surface area contributed by atoms with Crippen LogP contribution in [0.1, 0.15) is 31.3 Å². The minimum atomic E-state index is -0.273. The van der Waals surface area contributed by atoms with Crippen molar-refractivity contribution < 1.29 is 9.32 Å². The Morgan fingerprint density at radius 2 is 2.08 bits per heavy atom. The molecule has 8 heteroatoms. The molecule has 8 nitrogen and oxygen atoms in total. The molecule has 0 saturated carbocycles. The second-order valence-corrected chi connectivity index (χ2v) is 6.12. The lowest BCUT2D eigenvalue weighted by Gasteiger charge is -2.15. The Morgan fingerprint density at radius 1 is 1.33 bits per heavy atom. The van der Waals surface area contributed by atoms with Crippen LogP contribution in [0.2, 0.25) is 0 Å². The molecule has 0 unspecified atom stereocenters. The van der Waals surface area contributed by atoms with Gasteiger partial charge in [0.25, 0.3) is 11.3 Å². The number of nitrogens with one attached hydrogen (secondary N) is 1. The lowest BCUT2D eigenvalue weighted by atomic mass is 10.3. The van der Waals surface area contributed by atoms with Gasteiger partial charge in [-0.15, -0.1) is 0 Å². The average molecular weight is 333 g/mol. The zero-order chi connectivity index (χ0) is 17.1. The molecule has 2 aromatic heterocycles. The summed E-state index contributed by atoms with van der Waals surface area (Å²) in [6.07, 6.45) is 2.99. The maximum absolute atomic E-state index is 12.6. The van der Waals surface area contributed by atoms with Gasteiger partial charge in [-0.05, 0) is 32.9 Å². The van der Waals surface area contributed by atoms with Crippen molar-refractivity contribution in [2.75, 3.05) is 26.2 Å². The maximum Gasteiger partial charge on any atom is 0.267 e. The van der Waals surface area contributed by atoms with Gasteiger partial charge in [0.15, 0.2) is 0 Å². The normalized spacial score (nSPS) is 15.2. The Kier molecular flexibility index (Phi) is 4.94. The van der Waals surface area contributed by atoms with Gasteiger partial charge >= 0.3 is 0 Å². The Morgan fingerprint density at radius 3 is 2.79 bits per heavy atom. The standard InChI is InChI=1S/C16H23N5O3/c1-3-12-18-15-14(11(2)19-24-15)16(23)21(12)10-13(22)17-6-9-20-7-4-5-8-20/h3-10H2,1-2H3,(H,17,22). The van der Waals surface area contributed by atoms with Crippen LogP contribution in [0.15, 0.2) is 9.32 Å². The fraction of sp³-hybridized carbons (Fsp3) is 0.625. The molecule has 0 spiro atoms. The van der Waals surface area contributed by atoms with E-state index in [4.69, 9.17) is 4.52 Å². The number of hydrogen-bond donors (Lipinski definition) is 1. The third-order valence-electron chi connectivity index (χ3n) is 4.41. The molecule has 3 heterocycles. The van der Waals surface area contributed by atoms with E-state index in [1.165, 1.54) is 17.4 Å². The van der Waals surface area contributed by atoms with Gasteiger partial charge in [0, 0.05) is 19.5 Å². The quantitative estimate of drug-likeness (QED) is 0.826. The molecular weight excluding hydrogens is 310 g/mol. The molecule has 0 aromatic carbocycles. The van der Waals surface area contributed by atoms with Crippen LogP contribution in [0.4, 0.5) is 0 Å². The minimum absolute atomic E-state index is 0.0322. The minimum Gasteiger partial charge on any atom is -0.353 e. The molecule has 1 aliphatic rings. The summed E-state index contributed by atoms with van der Waals surface area (Å²) in [5.74, 6) is 0.347. The first-order valence-corrected chi connectivity index (χ1v) is 8.45. The third-order valence-corrected chi connectivity index (χ3v) is 4.41. The number of aryl methyl sites for hydroxylation is 2.